The second-order valence-electron chi connectivity index (χ2n) is 7.96. The molecule has 0 aromatic heterocycles. The van der Waals surface area contributed by atoms with E-state index in [1.807, 2.05) is 54.6 Å². The quantitative estimate of drug-likeness (QED) is 0.464. The van der Waals surface area contributed by atoms with Gasteiger partial charge in [0.25, 0.3) is 0 Å². The maximum absolute atomic E-state index is 10.1. The van der Waals surface area contributed by atoms with Crippen molar-refractivity contribution in [2.45, 2.75) is 12.0 Å². The summed E-state index contributed by atoms with van der Waals surface area (Å²) < 4.78 is 5.92. The van der Waals surface area contributed by atoms with Crippen LogP contribution in [-0.4, -0.2) is 5.71 Å². The predicted molar refractivity (Wildman–Crippen MR) is 135 cm³/mol. The Kier molecular flexibility index (Phi) is 5.93. The highest BCUT2D eigenvalue weighted by atomic mass is 35.5. The summed E-state index contributed by atoms with van der Waals surface area (Å²) in [6, 6.07) is 28.0. The highest BCUT2D eigenvalue weighted by molar-refractivity contribution is 6.30. The van der Waals surface area contributed by atoms with E-state index >= 15 is 0 Å². The Morgan fingerprint density at radius 3 is 2.06 bits per heavy atom. The van der Waals surface area contributed by atoms with Crippen molar-refractivity contribution in [1.29, 1.82) is 10.5 Å². The summed E-state index contributed by atoms with van der Waals surface area (Å²) in [5.41, 5.74) is 9.61. The van der Waals surface area contributed by atoms with Crippen LogP contribution in [-0.2, 0) is 4.74 Å². The molecule has 170 valence electrons. The van der Waals surface area contributed by atoms with E-state index < -0.39 is 12.0 Å². The monoisotopic (exact) mass is 497 g/mol. The number of anilines is 1. The normalized spacial score (nSPS) is 19.3. The Hall–Kier alpha value is -4.23. The standard InChI is InChI=1S/C27H17Cl2N5O/c28-18-8-6-16(7-9-18)23-21(14-30)27(32)35-26-22(15-31)33-34(20-12-10-19(29)11-13-20)25(24(23)26)17-4-2-1-3-5-17/h1-13,23,25H,32H2. The van der Waals surface area contributed by atoms with Crippen LogP contribution in [0.4, 0.5) is 5.69 Å². The highest BCUT2D eigenvalue weighted by Gasteiger charge is 2.44. The summed E-state index contributed by atoms with van der Waals surface area (Å²) in [7, 11) is 0. The second-order valence-corrected chi connectivity index (χ2v) is 8.83. The van der Waals surface area contributed by atoms with E-state index in [-0.39, 0.29) is 22.9 Å². The molecule has 3 aromatic rings. The number of hydrazone groups is 1. The van der Waals surface area contributed by atoms with E-state index in [4.69, 9.17) is 33.7 Å². The lowest BCUT2D eigenvalue weighted by Crippen LogP contribution is -2.38. The minimum absolute atomic E-state index is 0.0547. The first-order valence-corrected chi connectivity index (χ1v) is 11.4. The van der Waals surface area contributed by atoms with Gasteiger partial charge in [-0.2, -0.15) is 15.6 Å². The molecular weight excluding hydrogens is 481 g/mol. The Morgan fingerprint density at radius 2 is 1.46 bits per heavy atom. The topological polar surface area (TPSA) is 98.4 Å². The van der Waals surface area contributed by atoms with Gasteiger partial charge in [-0.05, 0) is 47.5 Å². The Labute approximate surface area is 212 Å². The fourth-order valence-electron chi connectivity index (χ4n) is 4.41. The molecule has 0 radical (unpaired) electrons. The van der Waals surface area contributed by atoms with Gasteiger partial charge >= 0.3 is 0 Å². The summed E-state index contributed by atoms with van der Waals surface area (Å²) in [4.78, 5) is 0. The molecule has 6 nitrogen and oxygen atoms in total. The molecule has 2 aliphatic rings. The number of allylic oxidation sites excluding steroid dienone is 2. The van der Waals surface area contributed by atoms with Crippen molar-refractivity contribution < 1.29 is 4.74 Å². The van der Waals surface area contributed by atoms with Gasteiger partial charge in [0, 0.05) is 15.6 Å². The summed E-state index contributed by atoms with van der Waals surface area (Å²) >= 11 is 12.3. The molecule has 2 atom stereocenters. The zero-order chi connectivity index (χ0) is 24.5. The van der Waals surface area contributed by atoms with Crippen LogP contribution >= 0.6 is 23.2 Å². The fraction of sp³-hybridized carbons (Fsp3) is 0.0741. The molecule has 0 bridgehead atoms. The summed E-state index contributed by atoms with van der Waals surface area (Å²) in [6.45, 7) is 0. The Balaban J connectivity index is 1.80. The van der Waals surface area contributed by atoms with Crippen LogP contribution in [0, 0.1) is 22.7 Å². The maximum Gasteiger partial charge on any atom is 0.205 e. The van der Waals surface area contributed by atoms with Gasteiger partial charge in [-0.15, -0.1) is 0 Å². The van der Waals surface area contributed by atoms with Crippen molar-refractivity contribution in [2.24, 2.45) is 10.8 Å². The lowest BCUT2D eigenvalue weighted by atomic mass is 9.76. The van der Waals surface area contributed by atoms with Gasteiger partial charge in [-0.25, -0.2) is 0 Å². The van der Waals surface area contributed by atoms with Gasteiger partial charge in [0.15, 0.2) is 5.76 Å². The number of hydrogen-bond donors (Lipinski definition) is 1. The van der Waals surface area contributed by atoms with Crippen LogP contribution in [0.2, 0.25) is 10.0 Å². The molecule has 0 amide bonds. The molecule has 35 heavy (non-hydrogen) atoms. The van der Waals surface area contributed by atoms with Crippen molar-refractivity contribution >= 4 is 34.6 Å². The van der Waals surface area contributed by atoms with Gasteiger partial charge in [-0.1, -0.05) is 65.7 Å². The van der Waals surface area contributed by atoms with Crippen LogP contribution in [0.3, 0.4) is 0 Å². The first kappa shape index (κ1) is 22.6. The van der Waals surface area contributed by atoms with E-state index in [0.29, 0.717) is 15.6 Å². The molecule has 2 aliphatic heterocycles. The summed E-state index contributed by atoms with van der Waals surface area (Å²) in [6.07, 6.45) is 0. The number of halogens is 2. The van der Waals surface area contributed by atoms with Crippen LogP contribution in [0.15, 0.2) is 107 Å². The zero-order valence-corrected chi connectivity index (χ0v) is 19.7. The Bertz CT molecular complexity index is 1460. The molecule has 8 heteroatoms. The number of ether oxygens (including phenoxy) is 1. The molecule has 2 heterocycles. The first-order valence-electron chi connectivity index (χ1n) is 10.7. The fourth-order valence-corrected chi connectivity index (χ4v) is 4.67. The lowest BCUT2D eigenvalue weighted by Gasteiger charge is -2.41. The molecule has 0 aliphatic carbocycles. The summed E-state index contributed by atoms with van der Waals surface area (Å²) in [5.74, 6) is -0.385. The number of rotatable bonds is 3. The van der Waals surface area contributed by atoms with Crippen LogP contribution in [0.5, 0.6) is 0 Å². The van der Waals surface area contributed by atoms with Gasteiger partial charge in [0.2, 0.25) is 11.6 Å². The number of nitrogens with two attached hydrogens (primary N) is 1. The van der Waals surface area contributed by atoms with Crippen LogP contribution < -0.4 is 10.7 Å². The van der Waals surface area contributed by atoms with Crippen molar-refractivity contribution in [3.8, 4) is 12.1 Å². The van der Waals surface area contributed by atoms with Crippen LogP contribution in [0.25, 0.3) is 0 Å². The third-order valence-electron chi connectivity index (χ3n) is 5.94. The predicted octanol–water partition coefficient (Wildman–Crippen LogP) is 6.20. The molecule has 2 unspecified atom stereocenters. The van der Waals surface area contributed by atoms with Gasteiger partial charge in [0.1, 0.15) is 23.8 Å². The number of benzene rings is 3. The molecule has 2 N–H and O–H groups in total. The van der Waals surface area contributed by atoms with E-state index in [9.17, 15) is 10.5 Å². The molecule has 0 spiro atoms. The van der Waals surface area contributed by atoms with Crippen LogP contribution in [0.1, 0.15) is 23.1 Å². The minimum Gasteiger partial charge on any atom is -0.437 e. The molecular formula is C27H17Cl2N5O. The molecule has 0 saturated heterocycles. The molecule has 3 aromatic carbocycles. The molecule has 0 fully saturated rings. The second kappa shape index (κ2) is 9.19. The van der Waals surface area contributed by atoms with E-state index in [1.54, 1.807) is 29.3 Å². The van der Waals surface area contributed by atoms with Crippen molar-refractivity contribution in [3.63, 3.8) is 0 Å². The van der Waals surface area contributed by atoms with Crippen molar-refractivity contribution in [2.75, 3.05) is 5.01 Å². The van der Waals surface area contributed by atoms with Gasteiger partial charge in [0.05, 0.1) is 11.6 Å². The van der Waals surface area contributed by atoms with E-state index in [2.05, 4.69) is 17.2 Å². The average molecular weight is 498 g/mol. The Morgan fingerprint density at radius 1 is 0.829 bits per heavy atom. The zero-order valence-electron chi connectivity index (χ0n) is 18.2. The van der Waals surface area contributed by atoms with E-state index in [1.165, 1.54) is 0 Å². The molecule has 0 saturated carbocycles. The highest BCUT2D eigenvalue weighted by Crippen LogP contribution is 2.50. The minimum atomic E-state index is -0.583. The smallest absolute Gasteiger partial charge is 0.205 e. The number of nitrogens with zero attached hydrogens (tertiary/aromatic N) is 4. The van der Waals surface area contributed by atoms with Crippen molar-refractivity contribution in [1.82, 2.24) is 0 Å². The SMILES string of the molecule is N#CC1=NN(c2ccc(Cl)cc2)C(c2ccccc2)C2=C1OC(N)=C(C#N)C2c1ccc(Cl)cc1. The average Bonchev–Trinajstić information content (AvgIpc) is 2.88. The number of nitriles is 2. The molecule has 5 rings (SSSR count). The third kappa shape index (κ3) is 4.00. The largest absolute Gasteiger partial charge is 0.437 e. The first-order chi connectivity index (χ1) is 17.0. The lowest BCUT2D eigenvalue weighted by molar-refractivity contribution is 0.293. The third-order valence-corrected chi connectivity index (χ3v) is 6.44. The maximum atomic E-state index is 10.1. The summed E-state index contributed by atoms with van der Waals surface area (Å²) in [5, 5.41) is 27.7. The van der Waals surface area contributed by atoms with Crippen molar-refractivity contribution in [3.05, 3.63) is 123 Å². The van der Waals surface area contributed by atoms with E-state index in [0.717, 1.165) is 16.8 Å². The van der Waals surface area contributed by atoms with Gasteiger partial charge < -0.3 is 10.5 Å². The van der Waals surface area contributed by atoms with Gasteiger partial charge in [-0.3, -0.25) is 5.01 Å². The number of hydrogen-bond acceptors (Lipinski definition) is 6.